The second-order valence-electron chi connectivity index (χ2n) is 7.55. The molecule has 6 nitrogen and oxygen atoms in total. The van der Waals surface area contributed by atoms with Gasteiger partial charge in [0.25, 0.3) is 5.91 Å². The number of aromatic nitrogens is 2. The molecular formula is C24H13Cl2F6N5O. The monoisotopic (exact) mass is 571 g/mol. The molecule has 0 fully saturated rings. The summed E-state index contributed by atoms with van der Waals surface area (Å²) >= 11 is 11.8. The fourth-order valence-electron chi connectivity index (χ4n) is 3.13. The van der Waals surface area contributed by atoms with Gasteiger partial charge in [-0.2, -0.15) is 23.3 Å². The van der Waals surface area contributed by atoms with Crippen molar-refractivity contribution in [2.45, 2.75) is 6.18 Å². The van der Waals surface area contributed by atoms with Crippen LogP contribution in [0.4, 0.5) is 37.8 Å². The smallest absolute Gasteiger partial charge is 0.323 e. The minimum atomic E-state index is -4.87. The van der Waals surface area contributed by atoms with E-state index < -0.39 is 47.0 Å². The molecule has 4 aromatic rings. The number of aliphatic imine (C=N–C) groups is 1. The van der Waals surface area contributed by atoms with Crippen LogP contribution >= 0.6 is 23.2 Å². The molecule has 0 saturated carbocycles. The van der Waals surface area contributed by atoms with E-state index >= 15 is 0 Å². The summed E-state index contributed by atoms with van der Waals surface area (Å²) < 4.78 is 82.8. The molecule has 3 aromatic carbocycles. The number of halogens is 8. The Balaban J connectivity index is 1.83. The zero-order valence-corrected chi connectivity index (χ0v) is 20.1. The van der Waals surface area contributed by atoms with Crippen LogP contribution in [0.2, 0.25) is 10.0 Å². The molecule has 196 valence electrons. The van der Waals surface area contributed by atoms with Crippen LogP contribution in [0.1, 0.15) is 16.1 Å². The van der Waals surface area contributed by atoms with Crippen LogP contribution in [0.25, 0.3) is 5.69 Å². The Hall–Kier alpha value is -4.03. The number of amides is 1. The zero-order chi connectivity index (χ0) is 27.6. The maximum absolute atomic E-state index is 14.6. The molecule has 0 bridgehead atoms. The number of benzene rings is 3. The van der Waals surface area contributed by atoms with Crippen molar-refractivity contribution < 1.29 is 31.1 Å². The van der Waals surface area contributed by atoms with E-state index in [-0.39, 0.29) is 27.0 Å². The summed E-state index contributed by atoms with van der Waals surface area (Å²) in [5, 5.41) is 8.09. The zero-order valence-electron chi connectivity index (χ0n) is 18.6. The number of hydrogen-bond donors (Lipinski definition) is 2. The number of anilines is 1. The van der Waals surface area contributed by atoms with E-state index in [0.717, 1.165) is 10.7 Å². The van der Waals surface area contributed by atoms with Gasteiger partial charge in [-0.25, -0.2) is 17.9 Å². The second kappa shape index (κ2) is 10.8. The van der Waals surface area contributed by atoms with Gasteiger partial charge in [0.1, 0.15) is 0 Å². The van der Waals surface area contributed by atoms with Gasteiger partial charge in [-0.15, -0.1) is 0 Å². The lowest BCUT2D eigenvalue weighted by Gasteiger charge is -2.13. The van der Waals surface area contributed by atoms with Crippen molar-refractivity contribution in [3.63, 3.8) is 0 Å². The molecule has 14 heteroatoms. The third kappa shape index (κ3) is 6.09. The van der Waals surface area contributed by atoms with Gasteiger partial charge >= 0.3 is 6.18 Å². The van der Waals surface area contributed by atoms with Crippen molar-refractivity contribution in [3.05, 3.63) is 105 Å². The van der Waals surface area contributed by atoms with Crippen molar-refractivity contribution >= 4 is 46.6 Å². The average molecular weight is 572 g/mol. The van der Waals surface area contributed by atoms with Crippen molar-refractivity contribution in [1.29, 1.82) is 0 Å². The molecule has 4 rings (SSSR count). The van der Waals surface area contributed by atoms with Gasteiger partial charge in [0.2, 0.25) is 5.96 Å². The lowest BCUT2D eigenvalue weighted by Crippen LogP contribution is -2.36. The molecule has 0 aliphatic rings. The van der Waals surface area contributed by atoms with Crippen LogP contribution in [0.5, 0.6) is 0 Å². The summed E-state index contributed by atoms with van der Waals surface area (Å²) in [6.45, 7) is 0. The lowest BCUT2D eigenvalue weighted by molar-refractivity contribution is -0.141. The van der Waals surface area contributed by atoms with Crippen LogP contribution in [0.3, 0.4) is 0 Å². The first-order chi connectivity index (χ1) is 17.9. The third-order valence-electron chi connectivity index (χ3n) is 4.88. The minimum absolute atomic E-state index is 0.0898. The Bertz CT molecular complexity index is 1550. The van der Waals surface area contributed by atoms with Crippen LogP contribution in [0.15, 0.2) is 71.7 Å². The van der Waals surface area contributed by atoms with Crippen LogP contribution in [0, 0.1) is 17.5 Å². The van der Waals surface area contributed by atoms with Gasteiger partial charge in [0.15, 0.2) is 29.0 Å². The summed E-state index contributed by atoms with van der Waals surface area (Å²) in [4.78, 5) is 16.8. The maximum atomic E-state index is 14.6. The average Bonchev–Trinajstić information content (AvgIpc) is 3.28. The number of carbonyl (C=O) groups excluding carboxylic acids is 1. The van der Waals surface area contributed by atoms with E-state index in [9.17, 15) is 31.1 Å². The van der Waals surface area contributed by atoms with Crippen LogP contribution < -0.4 is 10.6 Å². The van der Waals surface area contributed by atoms with Gasteiger partial charge in [0, 0.05) is 16.7 Å². The maximum Gasteiger partial charge on any atom is 0.435 e. The molecular weight excluding hydrogens is 559 g/mol. The Labute approximate surface area is 220 Å². The van der Waals surface area contributed by atoms with Gasteiger partial charge in [-0.05, 0) is 48.5 Å². The second-order valence-corrected chi connectivity index (χ2v) is 8.39. The molecule has 38 heavy (non-hydrogen) atoms. The van der Waals surface area contributed by atoms with E-state index in [2.05, 4.69) is 20.7 Å². The van der Waals surface area contributed by atoms with Crippen molar-refractivity contribution in [2.75, 3.05) is 5.32 Å². The van der Waals surface area contributed by atoms with Gasteiger partial charge in [-0.3, -0.25) is 10.1 Å². The number of nitrogens with zero attached hydrogens (tertiary/aromatic N) is 3. The Morgan fingerprint density at radius 1 is 0.921 bits per heavy atom. The highest BCUT2D eigenvalue weighted by atomic mass is 35.5. The molecule has 0 aliphatic carbocycles. The topological polar surface area (TPSA) is 71.3 Å². The molecule has 1 amide bonds. The Kier molecular flexibility index (Phi) is 7.65. The first-order valence-corrected chi connectivity index (χ1v) is 11.2. The number of carbonyl (C=O) groups is 1. The molecule has 0 aliphatic heterocycles. The molecule has 0 saturated heterocycles. The SMILES string of the molecule is O=C(NC(=Nc1cc(C(F)(F)F)nn1-c1cccc(Cl)c1)Nc1cccc(Cl)c1F)c1ccc(F)c(F)c1. The van der Waals surface area contributed by atoms with Gasteiger partial charge in [-0.1, -0.05) is 35.3 Å². The summed E-state index contributed by atoms with van der Waals surface area (Å²) in [7, 11) is 0. The minimum Gasteiger partial charge on any atom is -0.323 e. The fourth-order valence-corrected chi connectivity index (χ4v) is 3.49. The molecule has 1 aromatic heterocycles. The lowest BCUT2D eigenvalue weighted by atomic mass is 10.2. The van der Waals surface area contributed by atoms with E-state index in [4.69, 9.17) is 23.2 Å². The van der Waals surface area contributed by atoms with E-state index in [0.29, 0.717) is 18.2 Å². The molecule has 0 spiro atoms. The predicted octanol–water partition coefficient (Wildman–Crippen LogP) is 7.14. The van der Waals surface area contributed by atoms with Crippen molar-refractivity contribution in [3.8, 4) is 5.69 Å². The molecule has 0 radical (unpaired) electrons. The molecule has 0 atom stereocenters. The predicted molar refractivity (Wildman–Crippen MR) is 130 cm³/mol. The summed E-state index contributed by atoms with van der Waals surface area (Å²) in [5.74, 6) is -5.56. The van der Waals surface area contributed by atoms with Crippen molar-refractivity contribution in [2.24, 2.45) is 4.99 Å². The van der Waals surface area contributed by atoms with Gasteiger partial charge in [0.05, 0.1) is 16.4 Å². The molecule has 2 N–H and O–H groups in total. The number of alkyl halides is 3. The highest BCUT2D eigenvalue weighted by Crippen LogP contribution is 2.33. The first-order valence-electron chi connectivity index (χ1n) is 10.4. The quantitative estimate of drug-likeness (QED) is 0.155. The van der Waals surface area contributed by atoms with E-state index in [1.165, 1.54) is 42.5 Å². The highest BCUT2D eigenvalue weighted by molar-refractivity contribution is 6.31. The van der Waals surface area contributed by atoms with Crippen LogP contribution in [-0.4, -0.2) is 21.6 Å². The third-order valence-corrected chi connectivity index (χ3v) is 5.41. The van der Waals surface area contributed by atoms with Gasteiger partial charge < -0.3 is 5.32 Å². The number of rotatable bonds is 4. The standard InChI is InChI=1S/C24H13Cl2F6N5O/c25-13-3-1-4-14(10-13)37-20(11-19(36-37)24(30,31)32)34-23(33-18-6-2-5-15(26)21(18)29)35-22(38)12-7-8-16(27)17(28)9-12/h1-11H,(H2,33,34,35,38). The number of nitrogens with one attached hydrogen (secondary N) is 2. The number of guanidine groups is 1. The Morgan fingerprint density at radius 3 is 2.34 bits per heavy atom. The van der Waals surface area contributed by atoms with Crippen LogP contribution in [-0.2, 0) is 6.18 Å². The summed E-state index contributed by atoms with van der Waals surface area (Å²) in [6.07, 6.45) is -4.87. The summed E-state index contributed by atoms with van der Waals surface area (Å²) in [5.41, 5.74) is -1.89. The molecule has 0 unspecified atom stereocenters. The fraction of sp³-hybridized carbons (Fsp3) is 0.0417. The largest absolute Gasteiger partial charge is 0.435 e. The normalized spacial score (nSPS) is 11.9. The summed E-state index contributed by atoms with van der Waals surface area (Å²) in [6, 6.07) is 12.3. The Morgan fingerprint density at radius 2 is 1.66 bits per heavy atom. The molecule has 1 heterocycles. The van der Waals surface area contributed by atoms with E-state index in [1.807, 2.05) is 0 Å². The van der Waals surface area contributed by atoms with Crippen molar-refractivity contribution in [1.82, 2.24) is 15.1 Å². The first kappa shape index (κ1) is 27.0. The highest BCUT2D eigenvalue weighted by Gasteiger charge is 2.35. The van der Waals surface area contributed by atoms with E-state index in [1.54, 1.807) is 0 Å². The number of hydrogen-bond acceptors (Lipinski definition) is 3.